The number of nitrogens with zero attached hydrogens (tertiary/aromatic N) is 2. The smallest absolute Gasteiger partial charge is 0.207 e. The van der Waals surface area contributed by atoms with Gasteiger partial charge in [0.05, 0.1) is 21.0 Å². The minimum absolute atomic E-state index is 0.0732. The van der Waals surface area contributed by atoms with Crippen LogP contribution in [0.25, 0.3) is 0 Å². The molecule has 0 radical (unpaired) electrons. The summed E-state index contributed by atoms with van der Waals surface area (Å²) in [5, 5.41) is 9.56. The van der Waals surface area contributed by atoms with Gasteiger partial charge in [-0.25, -0.2) is 8.42 Å². The van der Waals surface area contributed by atoms with Crippen LogP contribution in [0.3, 0.4) is 0 Å². The molecule has 1 saturated heterocycles. The largest absolute Gasteiger partial charge is 0.244 e. The molecule has 1 heterocycles. The summed E-state index contributed by atoms with van der Waals surface area (Å²) in [6, 6.07) is 5.62. The number of benzene rings is 1. The first-order chi connectivity index (χ1) is 8.96. The maximum atomic E-state index is 12.5. The highest BCUT2D eigenvalue weighted by atomic mass is 35.5. The summed E-state index contributed by atoms with van der Waals surface area (Å²) in [5.74, 6) is 0. The van der Waals surface area contributed by atoms with Crippen molar-refractivity contribution < 1.29 is 8.42 Å². The lowest BCUT2D eigenvalue weighted by Crippen LogP contribution is -2.42. The molecule has 7 heteroatoms. The Labute approximate surface area is 122 Å². The minimum Gasteiger partial charge on any atom is -0.207 e. The van der Waals surface area contributed by atoms with Crippen LogP contribution in [0, 0.1) is 11.3 Å². The van der Waals surface area contributed by atoms with Crippen LogP contribution in [-0.2, 0) is 10.0 Å². The molecular weight excluding hydrogens is 307 g/mol. The Bertz CT molecular complexity index is 625. The average Bonchev–Trinajstić information content (AvgIpc) is 2.41. The van der Waals surface area contributed by atoms with E-state index in [1.807, 2.05) is 6.07 Å². The summed E-state index contributed by atoms with van der Waals surface area (Å²) in [6.07, 6.45) is 2.20. The van der Waals surface area contributed by atoms with Crippen LogP contribution in [0.15, 0.2) is 23.1 Å². The second-order valence-corrected chi connectivity index (χ2v) is 7.04. The Balaban J connectivity index is 2.41. The van der Waals surface area contributed by atoms with E-state index in [-0.39, 0.29) is 9.92 Å². The molecule has 2 rings (SSSR count). The number of piperidine rings is 1. The Morgan fingerprint density at radius 3 is 2.63 bits per heavy atom. The predicted molar refractivity (Wildman–Crippen MR) is 73.6 cm³/mol. The monoisotopic (exact) mass is 318 g/mol. The molecule has 0 N–H and O–H groups in total. The zero-order valence-corrected chi connectivity index (χ0v) is 12.3. The van der Waals surface area contributed by atoms with E-state index in [1.54, 1.807) is 0 Å². The highest BCUT2D eigenvalue weighted by molar-refractivity contribution is 7.89. The number of hydrogen-bond donors (Lipinski definition) is 0. The van der Waals surface area contributed by atoms with Crippen molar-refractivity contribution in [3.8, 4) is 6.07 Å². The predicted octanol–water partition coefficient (Wildman–Crippen LogP) is 3.06. The molecule has 0 spiro atoms. The van der Waals surface area contributed by atoms with Gasteiger partial charge >= 0.3 is 0 Å². The second kappa shape index (κ2) is 5.68. The number of nitriles is 1. The van der Waals surface area contributed by atoms with Gasteiger partial charge in [-0.1, -0.05) is 23.2 Å². The lowest BCUT2D eigenvalue weighted by molar-refractivity contribution is 0.297. The van der Waals surface area contributed by atoms with E-state index in [1.165, 1.54) is 22.5 Å². The fourth-order valence-electron chi connectivity index (χ4n) is 2.09. The van der Waals surface area contributed by atoms with Gasteiger partial charge in [-0.3, -0.25) is 0 Å². The average molecular weight is 319 g/mol. The molecule has 1 atom stereocenters. The van der Waals surface area contributed by atoms with Crippen LogP contribution in [-0.4, -0.2) is 25.3 Å². The fourth-order valence-corrected chi connectivity index (χ4v) is 4.09. The lowest BCUT2D eigenvalue weighted by Gasteiger charge is -2.30. The third-order valence-corrected chi connectivity index (χ3v) is 5.74. The quantitative estimate of drug-likeness (QED) is 0.841. The molecule has 1 unspecified atom stereocenters. The third-order valence-electron chi connectivity index (χ3n) is 3.10. The summed E-state index contributed by atoms with van der Waals surface area (Å²) >= 11 is 11.6. The molecule has 1 fully saturated rings. The molecule has 0 aromatic heterocycles. The van der Waals surface area contributed by atoms with Crippen molar-refractivity contribution in [1.29, 1.82) is 5.26 Å². The van der Waals surface area contributed by atoms with E-state index in [2.05, 4.69) is 0 Å². The van der Waals surface area contributed by atoms with E-state index in [4.69, 9.17) is 28.5 Å². The van der Waals surface area contributed by atoms with Gasteiger partial charge in [0.2, 0.25) is 10.0 Å². The molecule has 1 aliphatic rings. The van der Waals surface area contributed by atoms with Crippen molar-refractivity contribution in [2.24, 2.45) is 0 Å². The van der Waals surface area contributed by atoms with Gasteiger partial charge in [-0.15, -0.1) is 0 Å². The number of halogens is 2. The molecule has 102 valence electrons. The molecule has 1 aromatic rings. The number of hydrogen-bond acceptors (Lipinski definition) is 3. The Kier molecular flexibility index (Phi) is 4.36. The molecule has 1 aromatic carbocycles. The van der Waals surface area contributed by atoms with Gasteiger partial charge < -0.3 is 0 Å². The van der Waals surface area contributed by atoms with Crippen molar-refractivity contribution in [2.75, 3.05) is 6.54 Å². The van der Waals surface area contributed by atoms with Crippen molar-refractivity contribution in [2.45, 2.75) is 30.2 Å². The Hall–Kier alpha value is -0.800. The van der Waals surface area contributed by atoms with E-state index >= 15 is 0 Å². The van der Waals surface area contributed by atoms with E-state index in [9.17, 15) is 8.42 Å². The van der Waals surface area contributed by atoms with Gasteiger partial charge in [-0.05, 0) is 37.5 Å². The van der Waals surface area contributed by atoms with Crippen molar-refractivity contribution in [1.82, 2.24) is 4.31 Å². The normalized spacial score (nSPS) is 21.0. The first-order valence-corrected chi connectivity index (χ1v) is 8.03. The van der Waals surface area contributed by atoms with Gasteiger partial charge in [0.25, 0.3) is 0 Å². The van der Waals surface area contributed by atoms with Crippen LogP contribution in [0.1, 0.15) is 19.3 Å². The van der Waals surface area contributed by atoms with Crippen LogP contribution in [0.5, 0.6) is 0 Å². The van der Waals surface area contributed by atoms with Crippen LogP contribution < -0.4 is 0 Å². The van der Waals surface area contributed by atoms with E-state index in [0.29, 0.717) is 18.0 Å². The van der Waals surface area contributed by atoms with Crippen LogP contribution in [0.2, 0.25) is 10.0 Å². The Morgan fingerprint density at radius 2 is 2.00 bits per heavy atom. The van der Waals surface area contributed by atoms with Gasteiger partial charge in [0.1, 0.15) is 6.04 Å². The van der Waals surface area contributed by atoms with Crippen LogP contribution in [0.4, 0.5) is 0 Å². The summed E-state index contributed by atoms with van der Waals surface area (Å²) in [5.41, 5.74) is 0. The Morgan fingerprint density at radius 1 is 1.26 bits per heavy atom. The summed E-state index contributed by atoms with van der Waals surface area (Å²) in [4.78, 5) is 0.0732. The lowest BCUT2D eigenvalue weighted by atomic mass is 10.1. The van der Waals surface area contributed by atoms with Gasteiger partial charge in [0.15, 0.2) is 0 Å². The van der Waals surface area contributed by atoms with E-state index < -0.39 is 16.1 Å². The molecule has 0 aliphatic carbocycles. The zero-order chi connectivity index (χ0) is 14.0. The van der Waals surface area contributed by atoms with Crippen molar-refractivity contribution in [3.63, 3.8) is 0 Å². The molecule has 19 heavy (non-hydrogen) atoms. The number of rotatable bonds is 2. The molecule has 0 saturated carbocycles. The van der Waals surface area contributed by atoms with Gasteiger partial charge in [-0.2, -0.15) is 9.57 Å². The minimum atomic E-state index is -3.69. The first-order valence-electron chi connectivity index (χ1n) is 5.83. The van der Waals surface area contributed by atoms with Crippen LogP contribution >= 0.6 is 23.2 Å². The molecule has 0 amide bonds. The fraction of sp³-hybridized carbons (Fsp3) is 0.417. The maximum absolute atomic E-state index is 12.5. The molecule has 4 nitrogen and oxygen atoms in total. The maximum Gasteiger partial charge on any atom is 0.244 e. The zero-order valence-electron chi connectivity index (χ0n) is 10.0. The molecular formula is C12H12Cl2N2O2S. The topological polar surface area (TPSA) is 61.2 Å². The summed E-state index contributed by atoms with van der Waals surface area (Å²) in [6.45, 7) is 0.362. The molecule has 0 bridgehead atoms. The second-order valence-electron chi connectivity index (χ2n) is 4.33. The molecule has 1 aliphatic heterocycles. The highest BCUT2D eigenvalue weighted by Crippen LogP contribution is 2.29. The van der Waals surface area contributed by atoms with Gasteiger partial charge in [0, 0.05) is 6.54 Å². The summed E-state index contributed by atoms with van der Waals surface area (Å²) < 4.78 is 26.2. The standard InChI is InChI=1S/C12H12Cl2N2O2S/c13-11-5-4-10(7-12(11)14)19(17,18)16-6-2-1-3-9(16)8-15/h4-5,7,9H,1-3,6H2. The number of sulfonamides is 1. The highest BCUT2D eigenvalue weighted by Gasteiger charge is 2.33. The van der Waals surface area contributed by atoms with E-state index in [0.717, 1.165) is 12.8 Å². The third kappa shape index (κ3) is 2.87. The SMILES string of the molecule is N#CC1CCCCN1S(=O)(=O)c1ccc(Cl)c(Cl)c1. The first kappa shape index (κ1) is 14.6. The van der Waals surface area contributed by atoms with Crippen molar-refractivity contribution >= 4 is 33.2 Å². The summed E-state index contributed by atoms with van der Waals surface area (Å²) in [7, 11) is -3.69. The van der Waals surface area contributed by atoms with Crippen molar-refractivity contribution in [3.05, 3.63) is 28.2 Å².